The summed E-state index contributed by atoms with van der Waals surface area (Å²) in [7, 11) is 0. The van der Waals surface area contributed by atoms with Gasteiger partial charge in [0.15, 0.2) is 0 Å². The van der Waals surface area contributed by atoms with Crippen LogP contribution in [0.4, 0.5) is 5.69 Å². The molecule has 0 spiro atoms. The van der Waals surface area contributed by atoms with Crippen molar-refractivity contribution in [2.24, 2.45) is 0 Å². The van der Waals surface area contributed by atoms with E-state index in [1.54, 1.807) is 25.1 Å². The zero-order chi connectivity index (χ0) is 16.5. The normalized spacial score (nSPS) is 11.3. The third kappa shape index (κ3) is 3.36. The Labute approximate surface area is 129 Å². The summed E-state index contributed by atoms with van der Waals surface area (Å²) in [5, 5.41) is 11.6. The molecule has 0 aliphatic carbocycles. The number of rotatable bonds is 3. The predicted molar refractivity (Wildman–Crippen MR) is 83.5 cm³/mol. The van der Waals surface area contributed by atoms with E-state index in [0.717, 1.165) is 0 Å². The number of carbonyl (C=O) groups is 2. The molecule has 2 N–H and O–H groups in total. The summed E-state index contributed by atoms with van der Waals surface area (Å²) in [6, 6.07) is 7.73. The fraction of sp³-hybridized carbons (Fsp3) is 0.294. The maximum atomic E-state index is 12.4. The van der Waals surface area contributed by atoms with Crippen LogP contribution < -0.4 is 5.32 Å². The van der Waals surface area contributed by atoms with Crippen molar-refractivity contribution < 1.29 is 19.1 Å². The maximum Gasteiger partial charge on any atom is 0.335 e. The van der Waals surface area contributed by atoms with E-state index >= 15 is 0 Å². The summed E-state index contributed by atoms with van der Waals surface area (Å²) >= 11 is 0. The monoisotopic (exact) mass is 301 g/mol. The van der Waals surface area contributed by atoms with E-state index in [1.165, 1.54) is 12.1 Å². The molecule has 1 aromatic carbocycles. The minimum atomic E-state index is -1.00. The second-order valence-electron chi connectivity index (χ2n) is 6.19. The topological polar surface area (TPSA) is 79.5 Å². The number of hydrogen-bond donors (Lipinski definition) is 2. The Balaban J connectivity index is 2.24. The molecular weight excluding hydrogens is 282 g/mol. The van der Waals surface area contributed by atoms with E-state index in [-0.39, 0.29) is 16.9 Å². The Hall–Kier alpha value is -2.56. The van der Waals surface area contributed by atoms with Crippen molar-refractivity contribution in [3.05, 3.63) is 53.0 Å². The van der Waals surface area contributed by atoms with Crippen LogP contribution in [0.5, 0.6) is 0 Å². The van der Waals surface area contributed by atoms with Crippen molar-refractivity contribution in [1.82, 2.24) is 0 Å². The highest BCUT2D eigenvalue weighted by atomic mass is 16.4. The van der Waals surface area contributed by atoms with E-state index in [2.05, 4.69) is 5.32 Å². The molecule has 22 heavy (non-hydrogen) atoms. The molecule has 0 radical (unpaired) electrons. The number of carboxylic acids is 1. The lowest BCUT2D eigenvalue weighted by atomic mass is 9.90. The van der Waals surface area contributed by atoms with E-state index < -0.39 is 5.97 Å². The molecule has 1 heterocycles. The van der Waals surface area contributed by atoms with Crippen LogP contribution in [0.25, 0.3) is 0 Å². The second-order valence-corrected chi connectivity index (χ2v) is 6.19. The Kier molecular flexibility index (Phi) is 4.08. The van der Waals surface area contributed by atoms with Gasteiger partial charge in [0.05, 0.1) is 11.1 Å². The molecule has 0 saturated heterocycles. The van der Waals surface area contributed by atoms with Crippen LogP contribution in [-0.2, 0) is 5.41 Å². The van der Waals surface area contributed by atoms with Crippen molar-refractivity contribution in [3.63, 3.8) is 0 Å². The molecule has 0 unspecified atom stereocenters. The number of aromatic carboxylic acids is 1. The van der Waals surface area contributed by atoms with Crippen LogP contribution in [0.3, 0.4) is 0 Å². The van der Waals surface area contributed by atoms with Crippen LogP contribution >= 0.6 is 0 Å². The number of amides is 1. The van der Waals surface area contributed by atoms with Crippen LogP contribution in [0.15, 0.2) is 34.7 Å². The molecule has 0 aliphatic heterocycles. The molecule has 0 saturated carbocycles. The van der Waals surface area contributed by atoms with Gasteiger partial charge in [-0.2, -0.15) is 0 Å². The fourth-order valence-electron chi connectivity index (χ4n) is 2.13. The highest BCUT2D eigenvalue weighted by molar-refractivity contribution is 6.05. The first-order valence-electron chi connectivity index (χ1n) is 6.94. The minimum Gasteiger partial charge on any atom is -0.478 e. The maximum absolute atomic E-state index is 12.4. The summed E-state index contributed by atoms with van der Waals surface area (Å²) < 4.78 is 5.65. The van der Waals surface area contributed by atoms with Gasteiger partial charge in [-0.15, -0.1) is 0 Å². The Morgan fingerprint density at radius 1 is 1.14 bits per heavy atom. The third-order valence-corrected chi connectivity index (χ3v) is 3.17. The second kappa shape index (κ2) is 5.67. The number of hydrogen-bond acceptors (Lipinski definition) is 3. The number of nitrogens with one attached hydrogen (secondary N) is 1. The lowest BCUT2D eigenvalue weighted by molar-refractivity contribution is 0.0696. The van der Waals surface area contributed by atoms with Crippen molar-refractivity contribution in [3.8, 4) is 0 Å². The summed E-state index contributed by atoms with van der Waals surface area (Å²) in [6.45, 7) is 7.73. The van der Waals surface area contributed by atoms with E-state index in [0.29, 0.717) is 22.8 Å². The van der Waals surface area contributed by atoms with Crippen LogP contribution in [-0.4, -0.2) is 17.0 Å². The van der Waals surface area contributed by atoms with Crippen LogP contribution in [0, 0.1) is 6.92 Å². The first-order valence-corrected chi connectivity index (χ1v) is 6.94. The van der Waals surface area contributed by atoms with Gasteiger partial charge in [0, 0.05) is 11.1 Å². The van der Waals surface area contributed by atoms with Gasteiger partial charge in [-0.3, -0.25) is 4.79 Å². The van der Waals surface area contributed by atoms with E-state index in [4.69, 9.17) is 9.52 Å². The lowest BCUT2D eigenvalue weighted by Crippen LogP contribution is -2.19. The van der Waals surface area contributed by atoms with E-state index in [1.807, 2.05) is 20.8 Å². The smallest absolute Gasteiger partial charge is 0.335 e. The number of furan rings is 1. The Bertz CT molecular complexity index is 705. The largest absolute Gasteiger partial charge is 0.478 e. The minimum absolute atomic E-state index is 0.174. The summed E-state index contributed by atoms with van der Waals surface area (Å²) in [5.41, 5.74) is 0.919. The standard InChI is InChI=1S/C17H19NO4/c1-10-9-13(14(22-10)17(2,3)4)15(19)18-12-7-5-11(6-8-12)16(20)21/h5-9H,1-4H3,(H,18,19)(H,20,21). The highest BCUT2D eigenvalue weighted by Gasteiger charge is 2.26. The molecule has 0 atom stereocenters. The molecule has 2 rings (SSSR count). The molecule has 5 heteroatoms. The fourth-order valence-corrected chi connectivity index (χ4v) is 2.13. The van der Waals surface area contributed by atoms with Gasteiger partial charge >= 0.3 is 5.97 Å². The highest BCUT2D eigenvalue weighted by Crippen LogP contribution is 2.29. The lowest BCUT2D eigenvalue weighted by Gasteiger charge is -2.17. The quantitative estimate of drug-likeness (QED) is 0.902. The summed E-state index contributed by atoms with van der Waals surface area (Å²) in [5.74, 6) is 0.0316. The SMILES string of the molecule is Cc1cc(C(=O)Nc2ccc(C(=O)O)cc2)c(C(C)(C)C)o1. The molecule has 2 aromatic rings. The number of carboxylic acid groups (broad SMARTS) is 1. The third-order valence-electron chi connectivity index (χ3n) is 3.17. The molecule has 1 amide bonds. The molecule has 0 aliphatic rings. The zero-order valence-corrected chi connectivity index (χ0v) is 13.1. The molecule has 0 bridgehead atoms. The van der Waals surface area contributed by atoms with Crippen molar-refractivity contribution >= 4 is 17.6 Å². The number of aryl methyl sites for hydroxylation is 1. The average molecular weight is 301 g/mol. The first kappa shape index (κ1) is 15.8. The van der Waals surface area contributed by atoms with Crippen LogP contribution in [0.2, 0.25) is 0 Å². The summed E-state index contributed by atoms with van der Waals surface area (Å²) in [6.07, 6.45) is 0. The van der Waals surface area contributed by atoms with Gasteiger partial charge in [-0.25, -0.2) is 4.79 Å². The van der Waals surface area contributed by atoms with Gasteiger partial charge in [-0.05, 0) is 37.3 Å². The number of carbonyl (C=O) groups excluding carboxylic acids is 1. The molecule has 1 aromatic heterocycles. The Morgan fingerprint density at radius 2 is 1.73 bits per heavy atom. The average Bonchev–Trinajstić information content (AvgIpc) is 2.81. The number of benzene rings is 1. The molecule has 5 nitrogen and oxygen atoms in total. The predicted octanol–water partition coefficient (Wildman–Crippen LogP) is 3.84. The van der Waals surface area contributed by atoms with Gasteiger partial charge in [0.1, 0.15) is 11.5 Å². The van der Waals surface area contributed by atoms with Crippen molar-refractivity contribution in [1.29, 1.82) is 0 Å². The van der Waals surface area contributed by atoms with Gasteiger partial charge in [-0.1, -0.05) is 20.8 Å². The first-order chi connectivity index (χ1) is 10.2. The van der Waals surface area contributed by atoms with Gasteiger partial charge in [0.2, 0.25) is 0 Å². The molecule has 116 valence electrons. The summed E-state index contributed by atoms with van der Waals surface area (Å²) in [4.78, 5) is 23.2. The van der Waals surface area contributed by atoms with Gasteiger partial charge < -0.3 is 14.8 Å². The van der Waals surface area contributed by atoms with Crippen LogP contribution in [0.1, 0.15) is 53.0 Å². The van der Waals surface area contributed by atoms with Gasteiger partial charge in [0.25, 0.3) is 5.91 Å². The number of anilines is 1. The van der Waals surface area contributed by atoms with Crippen molar-refractivity contribution in [2.75, 3.05) is 5.32 Å². The molecular formula is C17H19NO4. The van der Waals surface area contributed by atoms with E-state index in [9.17, 15) is 9.59 Å². The van der Waals surface area contributed by atoms with Crippen molar-refractivity contribution in [2.45, 2.75) is 33.1 Å². The molecule has 0 fully saturated rings. The Morgan fingerprint density at radius 3 is 2.23 bits per heavy atom. The zero-order valence-electron chi connectivity index (χ0n) is 13.1.